The van der Waals surface area contributed by atoms with Crippen molar-refractivity contribution in [2.24, 2.45) is 0 Å². The van der Waals surface area contributed by atoms with Crippen molar-refractivity contribution >= 4 is 0 Å². The molecule has 0 N–H and O–H groups in total. The Bertz CT molecular complexity index is 660. The number of hydrogen-bond donors (Lipinski definition) is 0. The lowest BCUT2D eigenvalue weighted by atomic mass is 10.0. The largest absolute Gasteiger partial charge is 0.494 e. The van der Waals surface area contributed by atoms with Gasteiger partial charge >= 0.3 is 0 Å². The van der Waals surface area contributed by atoms with Gasteiger partial charge in [-0.25, -0.2) is 0 Å². The molecule has 120 valence electrons. The number of benzene rings is 2. The molecule has 0 aliphatic carbocycles. The number of ether oxygens (including phenoxy) is 1. The second-order valence-electron chi connectivity index (χ2n) is 5.92. The summed E-state index contributed by atoms with van der Waals surface area (Å²) in [5.41, 5.74) is 3.39. The molecule has 0 fully saturated rings. The molecule has 0 spiro atoms. The Morgan fingerprint density at radius 1 is 0.913 bits per heavy atom. The zero-order valence-electron chi connectivity index (χ0n) is 14.5. The Hall–Kier alpha value is -2.24. The van der Waals surface area contributed by atoms with Crippen LogP contribution in [0.5, 0.6) is 5.75 Å². The van der Waals surface area contributed by atoms with E-state index in [4.69, 9.17) is 4.74 Å². The van der Waals surface area contributed by atoms with Crippen LogP contribution in [0.4, 0.5) is 0 Å². The van der Waals surface area contributed by atoms with Gasteiger partial charge in [-0.2, -0.15) is 0 Å². The molecule has 0 aliphatic rings. The van der Waals surface area contributed by atoms with Crippen LogP contribution in [0.3, 0.4) is 0 Å². The van der Waals surface area contributed by atoms with Crippen molar-refractivity contribution in [1.82, 2.24) is 4.90 Å². The maximum Gasteiger partial charge on any atom is 0.119 e. The lowest BCUT2D eigenvalue weighted by molar-refractivity contribution is 0.312. The third-order valence-electron chi connectivity index (χ3n) is 3.88. The highest BCUT2D eigenvalue weighted by atomic mass is 16.5. The summed E-state index contributed by atoms with van der Waals surface area (Å²) in [4.78, 5) is 2.24. The van der Waals surface area contributed by atoms with E-state index in [0.717, 1.165) is 23.3 Å². The quantitative estimate of drug-likeness (QED) is 0.775. The minimum absolute atomic E-state index is 0.538. The smallest absolute Gasteiger partial charge is 0.119 e. The van der Waals surface area contributed by atoms with E-state index in [1.165, 1.54) is 5.56 Å². The van der Waals surface area contributed by atoms with Gasteiger partial charge in [-0.3, -0.25) is 0 Å². The highest BCUT2D eigenvalue weighted by Gasteiger charge is 2.05. The van der Waals surface area contributed by atoms with Gasteiger partial charge in [0.2, 0.25) is 0 Å². The van der Waals surface area contributed by atoms with Crippen molar-refractivity contribution in [3.05, 3.63) is 65.2 Å². The number of hydrogen-bond acceptors (Lipinski definition) is 2. The molecular weight excluding hydrogens is 282 g/mol. The maximum absolute atomic E-state index is 5.43. The molecule has 2 rings (SSSR count). The molecule has 0 heterocycles. The highest BCUT2D eigenvalue weighted by molar-refractivity contribution is 5.44. The van der Waals surface area contributed by atoms with Crippen LogP contribution in [0.2, 0.25) is 0 Å². The molecule has 2 nitrogen and oxygen atoms in total. The van der Waals surface area contributed by atoms with Gasteiger partial charge in [0.25, 0.3) is 0 Å². The fourth-order valence-corrected chi connectivity index (χ4v) is 2.19. The first-order valence-electron chi connectivity index (χ1n) is 8.08. The van der Waals surface area contributed by atoms with Gasteiger partial charge in [0.15, 0.2) is 0 Å². The van der Waals surface area contributed by atoms with Gasteiger partial charge in [-0.1, -0.05) is 24.0 Å². The monoisotopic (exact) mass is 307 g/mol. The summed E-state index contributed by atoms with van der Waals surface area (Å²) in [6.45, 7) is 4.90. The zero-order valence-corrected chi connectivity index (χ0v) is 14.5. The fraction of sp³-hybridized carbons (Fsp3) is 0.333. The van der Waals surface area contributed by atoms with Crippen LogP contribution in [-0.4, -0.2) is 31.6 Å². The van der Waals surface area contributed by atoms with Crippen molar-refractivity contribution < 1.29 is 4.74 Å². The zero-order chi connectivity index (χ0) is 16.7. The SMILES string of the molecule is CCOc1ccc(C#Cc2ccc(CC(C)N(C)C)cc2)cc1. The molecule has 0 aliphatic heterocycles. The van der Waals surface area contributed by atoms with Crippen molar-refractivity contribution in [3.8, 4) is 17.6 Å². The van der Waals surface area contributed by atoms with E-state index >= 15 is 0 Å². The number of rotatable bonds is 5. The molecule has 2 aromatic carbocycles. The Morgan fingerprint density at radius 2 is 1.43 bits per heavy atom. The molecular formula is C21H25NO. The van der Waals surface area contributed by atoms with Crippen molar-refractivity contribution in [3.63, 3.8) is 0 Å². The fourth-order valence-electron chi connectivity index (χ4n) is 2.19. The summed E-state index contributed by atoms with van der Waals surface area (Å²) < 4.78 is 5.43. The molecule has 23 heavy (non-hydrogen) atoms. The minimum Gasteiger partial charge on any atom is -0.494 e. The van der Waals surface area contributed by atoms with Crippen LogP contribution in [0.15, 0.2) is 48.5 Å². The Balaban J connectivity index is 2.01. The molecule has 0 radical (unpaired) electrons. The predicted octanol–water partition coefficient (Wildman–Crippen LogP) is 3.98. The predicted molar refractivity (Wildman–Crippen MR) is 96.9 cm³/mol. The van der Waals surface area contributed by atoms with E-state index in [0.29, 0.717) is 12.6 Å². The van der Waals surface area contributed by atoms with E-state index in [1.54, 1.807) is 0 Å². The Morgan fingerprint density at radius 3 is 1.91 bits per heavy atom. The van der Waals surface area contributed by atoms with Crippen molar-refractivity contribution in [2.75, 3.05) is 20.7 Å². The van der Waals surface area contributed by atoms with Gasteiger partial charge in [-0.15, -0.1) is 0 Å². The molecule has 0 aromatic heterocycles. The molecule has 1 atom stereocenters. The third-order valence-corrected chi connectivity index (χ3v) is 3.88. The number of nitrogens with zero attached hydrogens (tertiary/aromatic N) is 1. The molecule has 0 amide bonds. The van der Waals surface area contributed by atoms with Crippen molar-refractivity contribution in [2.45, 2.75) is 26.3 Å². The van der Waals surface area contributed by atoms with E-state index in [9.17, 15) is 0 Å². The van der Waals surface area contributed by atoms with Crippen LogP contribution < -0.4 is 4.74 Å². The maximum atomic E-state index is 5.43. The third kappa shape index (κ3) is 5.47. The average molecular weight is 307 g/mol. The second kappa shape index (κ2) is 8.41. The first-order valence-corrected chi connectivity index (χ1v) is 8.08. The summed E-state index contributed by atoms with van der Waals surface area (Å²) in [6.07, 6.45) is 1.06. The van der Waals surface area contributed by atoms with Gasteiger partial charge in [-0.05, 0) is 76.3 Å². The first kappa shape index (κ1) is 17.1. The standard InChI is InChI=1S/C21H25NO/c1-5-23-21-14-12-19(13-15-21)7-6-18-8-10-20(11-9-18)16-17(2)22(3)4/h8-15,17H,5,16H2,1-4H3. The second-order valence-corrected chi connectivity index (χ2v) is 5.92. The van der Waals surface area contributed by atoms with Crippen LogP contribution in [0, 0.1) is 11.8 Å². The lowest BCUT2D eigenvalue weighted by Gasteiger charge is -2.19. The molecule has 1 unspecified atom stereocenters. The van der Waals surface area contributed by atoms with E-state index in [2.05, 4.69) is 62.0 Å². The van der Waals surface area contributed by atoms with E-state index in [-0.39, 0.29) is 0 Å². The first-order chi connectivity index (χ1) is 11.1. The number of likely N-dealkylation sites (N-methyl/N-ethyl adjacent to an activating group) is 1. The summed E-state index contributed by atoms with van der Waals surface area (Å²) in [5, 5.41) is 0. The van der Waals surface area contributed by atoms with Gasteiger partial charge in [0.1, 0.15) is 5.75 Å². The summed E-state index contributed by atoms with van der Waals surface area (Å²) in [7, 11) is 4.22. The van der Waals surface area contributed by atoms with Crippen LogP contribution in [0.25, 0.3) is 0 Å². The molecule has 2 aromatic rings. The minimum atomic E-state index is 0.538. The average Bonchev–Trinajstić information content (AvgIpc) is 2.55. The molecule has 0 saturated heterocycles. The van der Waals surface area contributed by atoms with Crippen LogP contribution >= 0.6 is 0 Å². The Labute approximate surface area is 140 Å². The van der Waals surface area contributed by atoms with E-state index in [1.807, 2.05) is 31.2 Å². The topological polar surface area (TPSA) is 12.5 Å². The summed E-state index contributed by atoms with van der Waals surface area (Å²) >= 11 is 0. The summed E-state index contributed by atoms with van der Waals surface area (Å²) in [6, 6.07) is 17.0. The summed E-state index contributed by atoms with van der Waals surface area (Å²) in [5.74, 6) is 7.30. The van der Waals surface area contributed by atoms with Gasteiger partial charge < -0.3 is 9.64 Å². The normalized spacial score (nSPS) is 11.7. The van der Waals surface area contributed by atoms with Gasteiger partial charge in [0, 0.05) is 17.2 Å². The van der Waals surface area contributed by atoms with E-state index < -0.39 is 0 Å². The van der Waals surface area contributed by atoms with Crippen molar-refractivity contribution in [1.29, 1.82) is 0 Å². The van der Waals surface area contributed by atoms with Gasteiger partial charge in [0.05, 0.1) is 6.61 Å². The molecule has 2 heteroatoms. The molecule has 0 bridgehead atoms. The van der Waals surface area contributed by atoms with Crippen LogP contribution in [-0.2, 0) is 6.42 Å². The highest BCUT2D eigenvalue weighted by Crippen LogP contribution is 2.12. The van der Waals surface area contributed by atoms with Crippen LogP contribution in [0.1, 0.15) is 30.5 Å². The Kier molecular flexibility index (Phi) is 6.26. The molecule has 0 saturated carbocycles. The lowest BCUT2D eigenvalue weighted by Crippen LogP contribution is -2.26.